The lowest BCUT2D eigenvalue weighted by atomic mass is 10.1. The molecule has 0 spiro atoms. The maximum absolute atomic E-state index is 13.1. The summed E-state index contributed by atoms with van der Waals surface area (Å²) in [6, 6.07) is 24.0. The van der Waals surface area contributed by atoms with Gasteiger partial charge in [0, 0.05) is 10.9 Å². The summed E-state index contributed by atoms with van der Waals surface area (Å²) in [6.07, 6.45) is 1.49. The second-order valence-corrected chi connectivity index (χ2v) is 7.64. The van der Waals surface area contributed by atoms with E-state index in [1.165, 1.54) is 6.20 Å². The van der Waals surface area contributed by atoms with E-state index in [0.717, 1.165) is 22.2 Å². The number of H-pyrrole nitrogens is 1. The van der Waals surface area contributed by atoms with Gasteiger partial charge in [0.2, 0.25) is 5.78 Å². The van der Waals surface area contributed by atoms with Crippen molar-refractivity contribution in [1.82, 2.24) is 14.8 Å². The van der Waals surface area contributed by atoms with E-state index in [0.29, 0.717) is 28.3 Å². The topological polar surface area (TPSA) is 110 Å². The van der Waals surface area contributed by atoms with E-state index in [2.05, 4.69) is 16.2 Å². The normalized spacial score (nSPS) is 10.8. The van der Waals surface area contributed by atoms with Gasteiger partial charge in [-0.25, -0.2) is 4.68 Å². The number of carbonyl (C=O) groups is 1. The van der Waals surface area contributed by atoms with Crippen LogP contribution in [0.25, 0.3) is 16.6 Å². The van der Waals surface area contributed by atoms with E-state index >= 15 is 0 Å². The number of aromatic nitrogens is 3. The number of benzene rings is 3. The van der Waals surface area contributed by atoms with Crippen molar-refractivity contribution in [1.29, 1.82) is 5.26 Å². The Morgan fingerprint density at radius 2 is 1.88 bits per heavy atom. The summed E-state index contributed by atoms with van der Waals surface area (Å²) >= 11 is 0. The van der Waals surface area contributed by atoms with Crippen LogP contribution in [0.2, 0.25) is 0 Å². The summed E-state index contributed by atoms with van der Waals surface area (Å²) in [5, 5.41) is 14.4. The fraction of sp³-hybridized carbons (Fsp3) is 0.0385. The highest BCUT2D eigenvalue weighted by molar-refractivity contribution is 6.12. The molecule has 2 heterocycles. The number of hydrogen-bond donors (Lipinski definition) is 2. The van der Waals surface area contributed by atoms with Crippen molar-refractivity contribution in [2.45, 2.75) is 6.92 Å². The quantitative estimate of drug-likeness (QED) is 0.373. The van der Waals surface area contributed by atoms with Gasteiger partial charge in [0.15, 0.2) is 0 Å². The van der Waals surface area contributed by atoms with Gasteiger partial charge in [-0.05, 0) is 61.0 Å². The Labute approximate surface area is 189 Å². The first-order chi connectivity index (χ1) is 16.0. The molecule has 0 fully saturated rings. The molecule has 3 aromatic carbocycles. The summed E-state index contributed by atoms with van der Waals surface area (Å²) in [5.41, 5.74) is 10.1. The molecule has 0 saturated heterocycles. The maximum atomic E-state index is 13.1. The highest BCUT2D eigenvalue weighted by atomic mass is 16.5. The van der Waals surface area contributed by atoms with E-state index in [-0.39, 0.29) is 11.6 Å². The van der Waals surface area contributed by atoms with E-state index in [4.69, 9.17) is 15.7 Å². The van der Waals surface area contributed by atoms with Gasteiger partial charge in [0.05, 0.1) is 34.8 Å². The number of anilines is 1. The molecule has 0 aliphatic heterocycles. The van der Waals surface area contributed by atoms with E-state index in [1.807, 2.05) is 49.4 Å². The van der Waals surface area contributed by atoms with Crippen molar-refractivity contribution >= 4 is 22.5 Å². The van der Waals surface area contributed by atoms with Gasteiger partial charge < -0.3 is 15.5 Å². The summed E-state index contributed by atoms with van der Waals surface area (Å²) in [5.74, 6) is 1.24. The first-order valence-electron chi connectivity index (χ1n) is 10.3. The number of nitrogen functional groups attached to an aromatic ring is 1. The number of para-hydroxylation sites is 1. The zero-order chi connectivity index (χ0) is 22.9. The predicted molar refractivity (Wildman–Crippen MR) is 126 cm³/mol. The minimum atomic E-state index is -0.218. The zero-order valence-electron chi connectivity index (χ0n) is 17.7. The van der Waals surface area contributed by atoms with Crippen molar-refractivity contribution in [3.63, 3.8) is 0 Å². The van der Waals surface area contributed by atoms with Gasteiger partial charge in [0.25, 0.3) is 0 Å². The number of fused-ring (bicyclic) bond motifs is 1. The second-order valence-electron chi connectivity index (χ2n) is 7.64. The van der Waals surface area contributed by atoms with E-state index in [9.17, 15) is 4.79 Å². The molecule has 0 aliphatic rings. The molecule has 5 aromatic rings. The minimum Gasteiger partial charge on any atom is -0.457 e. The number of nitrogens with one attached hydrogen (secondary N) is 1. The Balaban J connectivity index is 1.43. The van der Waals surface area contributed by atoms with Crippen LogP contribution in [0.4, 0.5) is 5.82 Å². The monoisotopic (exact) mass is 433 g/mol. The van der Waals surface area contributed by atoms with Gasteiger partial charge in [0.1, 0.15) is 17.3 Å². The molecule has 0 saturated carbocycles. The van der Waals surface area contributed by atoms with Crippen LogP contribution in [0.15, 0.2) is 79.0 Å². The van der Waals surface area contributed by atoms with E-state index < -0.39 is 0 Å². The third kappa shape index (κ3) is 3.70. The van der Waals surface area contributed by atoms with Gasteiger partial charge in [-0.2, -0.15) is 10.4 Å². The van der Waals surface area contributed by atoms with Gasteiger partial charge in [-0.3, -0.25) is 4.79 Å². The largest absolute Gasteiger partial charge is 0.457 e. The fourth-order valence-corrected chi connectivity index (χ4v) is 3.76. The summed E-state index contributed by atoms with van der Waals surface area (Å²) < 4.78 is 7.43. The molecule has 0 unspecified atom stereocenters. The maximum Gasteiger partial charge on any atom is 0.214 e. The molecule has 0 aliphatic carbocycles. The molecule has 0 amide bonds. The number of rotatable bonds is 5. The van der Waals surface area contributed by atoms with Crippen molar-refractivity contribution in [3.05, 3.63) is 101 Å². The van der Waals surface area contributed by atoms with Crippen LogP contribution in [-0.4, -0.2) is 20.5 Å². The summed E-state index contributed by atoms with van der Waals surface area (Å²) in [7, 11) is 0. The molecule has 0 radical (unpaired) electrons. The average Bonchev–Trinajstić information content (AvgIpc) is 3.43. The lowest BCUT2D eigenvalue weighted by Gasteiger charge is -2.11. The predicted octanol–water partition coefficient (Wildman–Crippen LogP) is 5.14. The minimum absolute atomic E-state index is 0.218. The second kappa shape index (κ2) is 8.02. The zero-order valence-corrected chi connectivity index (χ0v) is 17.7. The summed E-state index contributed by atoms with van der Waals surface area (Å²) in [6.45, 7) is 1.91. The van der Waals surface area contributed by atoms with Crippen LogP contribution >= 0.6 is 0 Å². The number of nitriles is 1. The molecule has 0 atom stereocenters. The SMILES string of the molecule is Cc1cc(Oc2cccc(C#N)c2)ccc1-n1ncc(C(=O)c2cc3ccccc3[nH]2)c1N. The van der Waals surface area contributed by atoms with Crippen LogP contribution in [0, 0.1) is 18.3 Å². The van der Waals surface area contributed by atoms with Gasteiger partial charge in [-0.1, -0.05) is 24.3 Å². The van der Waals surface area contributed by atoms with Crippen LogP contribution in [-0.2, 0) is 0 Å². The smallest absolute Gasteiger partial charge is 0.214 e. The molecule has 7 heteroatoms. The Bertz CT molecular complexity index is 1520. The molecule has 2 aromatic heterocycles. The highest BCUT2D eigenvalue weighted by Crippen LogP contribution is 2.28. The number of nitrogens with two attached hydrogens (primary N) is 1. The first-order valence-corrected chi connectivity index (χ1v) is 10.3. The van der Waals surface area contributed by atoms with Crippen molar-refractivity contribution < 1.29 is 9.53 Å². The number of carbonyl (C=O) groups excluding carboxylic acids is 1. The standard InChI is InChI=1S/C26H19N5O2/c1-16-11-20(33-19-7-4-5-17(12-19)14-27)9-10-24(16)31-26(28)21(15-29-31)25(32)23-13-18-6-2-3-8-22(18)30-23/h2-13,15,30H,28H2,1H3. The lowest BCUT2D eigenvalue weighted by molar-refractivity contribution is 0.103. The molecular weight excluding hydrogens is 414 g/mol. The average molecular weight is 433 g/mol. The Kier molecular flexibility index (Phi) is 4.88. The summed E-state index contributed by atoms with van der Waals surface area (Å²) in [4.78, 5) is 16.2. The number of ketones is 1. The van der Waals surface area contributed by atoms with Crippen molar-refractivity contribution in [2.24, 2.45) is 0 Å². The van der Waals surface area contributed by atoms with Crippen molar-refractivity contribution in [3.8, 4) is 23.3 Å². The number of hydrogen-bond acceptors (Lipinski definition) is 5. The van der Waals surface area contributed by atoms with Crippen LogP contribution in [0.1, 0.15) is 27.2 Å². The van der Waals surface area contributed by atoms with Gasteiger partial charge >= 0.3 is 0 Å². The Morgan fingerprint density at radius 1 is 1.06 bits per heavy atom. The Morgan fingerprint density at radius 3 is 2.67 bits per heavy atom. The van der Waals surface area contributed by atoms with Crippen LogP contribution in [0.3, 0.4) is 0 Å². The first kappa shape index (κ1) is 20.1. The molecule has 160 valence electrons. The third-order valence-electron chi connectivity index (χ3n) is 5.42. The molecule has 7 nitrogen and oxygen atoms in total. The molecule has 5 rings (SSSR count). The molecule has 33 heavy (non-hydrogen) atoms. The van der Waals surface area contributed by atoms with Crippen LogP contribution in [0.5, 0.6) is 11.5 Å². The van der Waals surface area contributed by atoms with Gasteiger partial charge in [-0.15, -0.1) is 0 Å². The number of aromatic amines is 1. The van der Waals surface area contributed by atoms with Crippen LogP contribution < -0.4 is 10.5 Å². The number of aryl methyl sites for hydroxylation is 1. The highest BCUT2D eigenvalue weighted by Gasteiger charge is 2.20. The molecular formula is C26H19N5O2. The fourth-order valence-electron chi connectivity index (χ4n) is 3.76. The van der Waals surface area contributed by atoms with Crippen molar-refractivity contribution in [2.75, 3.05) is 5.73 Å². The number of ether oxygens (including phenoxy) is 1. The molecule has 3 N–H and O–H groups in total. The third-order valence-corrected chi connectivity index (χ3v) is 5.42. The molecule has 0 bridgehead atoms. The Hall–Kier alpha value is -4.83. The number of nitrogens with zero attached hydrogens (tertiary/aromatic N) is 3. The lowest BCUT2D eigenvalue weighted by Crippen LogP contribution is -2.08. The van der Waals surface area contributed by atoms with E-state index in [1.54, 1.807) is 35.0 Å².